The van der Waals surface area contributed by atoms with E-state index in [1.54, 1.807) is 0 Å². The Balaban J connectivity index is 1.82. The van der Waals surface area contributed by atoms with E-state index >= 15 is 0 Å². The molecule has 1 rings (SSSR count). The van der Waals surface area contributed by atoms with Crippen LogP contribution in [0.3, 0.4) is 0 Å². The van der Waals surface area contributed by atoms with Crippen molar-refractivity contribution in [2.45, 2.75) is 136 Å². The highest BCUT2D eigenvalue weighted by atomic mass is 16.5. The van der Waals surface area contributed by atoms with Crippen LogP contribution in [-0.4, -0.2) is 11.8 Å². The molecule has 0 saturated carbocycles. The largest absolute Gasteiger partial charge is 0.431 e. The van der Waals surface area contributed by atoms with Gasteiger partial charge in [-0.05, 0) is 12.3 Å². The molecule has 0 saturated heterocycles. The number of hydrogen-bond donors (Lipinski definition) is 0. The van der Waals surface area contributed by atoms with E-state index < -0.39 is 0 Å². The summed E-state index contributed by atoms with van der Waals surface area (Å²) in [5.74, 6) is 0.749. The number of ether oxygens (including phenoxy) is 1. The Bertz CT molecular complexity index is 467. The zero-order valence-corrected chi connectivity index (χ0v) is 19.3. The summed E-state index contributed by atoms with van der Waals surface area (Å²) in [5.41, 5.74) is 0. The molecule has 3 nitrogen and oxygen atoms in total. The zero-order chi connectivity index (χ0) is 21.2. The number of carbonyl (C=O) groups excluding carboxylic acids is 2. The second-order valence-corrected chi connectivity index (χ2v) is 9.12. The standard InChI is InChI=1S/C26H46O3/c1-3-4-5-6-7-8-9-10-11-12-13-14-15-16-17-18-19-26(28)29-25-21-23(2)20-24(27)22-25/h22-23H,3-21H2,1-2H3. The van der Waals surface area contributed by atoms with E-state index in [1.807, 2.05) is 6.92 Å². The van der Waals surface area contributed by atoms with Crippen LogP contribution in [0.4, 0.5) is 0 Å². The highest BCUT2D eigenvalue weighted by molar-refractivity contribution is 5.91. The smallest absolute Gasteiger partial charge is 0.310 e. The van der Waals surface area contributed by atoms with E-state index in [4.69, 9.17) is 4.74 Å². The lowest BCUT2D eigenvalue weighted by molar-refractivity contribution is -0.140. The maximum Gasteiger partial charge on any atom is 0.310 e. The van der Waals surface area contributed by atoms with Gasteiger partial charge in [0.1, 0.15) is 5.76 Å². The third kappa shape index (κ3) is 15.4. The molecule has 0 spiro atoms. The summed E-state index contributed by atoms with van der Waals surface area (Å²) in [7, 11) is 0. The Kier molecular flexibility index (Phi) is 15.8. The minimum Gasteiger partial charge on any atom is -0.431 e. The molecule has 0 N–H and O–H groups in total. The molecule has 0 aromatic heterocycles. The van der Waals surface area contributed by atoms with Crippen molar-refractivity contribution in [1.29, 1.82) is 0 Å². The van der Waals surface area contributed by atoms with Gasteiger partial charge in [0.15, 0.2) is 5.78 Å². The van der Waals surface area contributed by atoms with Crippen molar-refractivity contribution in [2.24, 2.45) is 5.92 Å². The van der Waals surface area contributed by atoms with Gasteiger partial charge >= 0.3 is 5.97 Å². The van der Waals surface area contributed by atoms with E-state index in [-0.39, 0.29) is 17.7 Å². The van der Waals surface area contributed by atoms with Crippen LogP contribution < -0.4 is 0 Å². The lowest BCUT2D eigenvalue weighted by Crippen LogP contribution is -2.15. The molecule has 0 heterocycles. The van der Waals surface area contributed by atoms with Crippen molar-refractivity contribution in [1.82, 2.24) is 0 Å². The fraction of sp³-hybridized carbons (Fsp3) is 0.846. The van der Waals surface area contributed by atoms with Crippen LogP contribution >= 0.6 is 0 Å². The molecule has 0 aliphatic heterocycles. The molecule has 0 aromatic rings. The summed E-state index contributed by atoms with van der Waals surface area (Å²) in [5, 5.41) is 0. The predicted octanol–water partition coefficient (Wildman–Crippen LogP) is 8.06. The fourth-order valence-electron chi connectivity index (χ4n) is 4.14. The van der Waals surface area contributed by atoms with E-state index in [9.17, 15) is 9.59 Å². The SMILES string of the molecule is CCCCCCCCCCCCCCCCCCC(=O)OC1=CC(=O)CC(C)C1. The van der Waals surface area contributed by atoms with Crippen LogP contribution in [0.5, 0.6) is 0 Å². The van der Waals surface area contributed by atoms with E-state index in [1.165, 1.54) is 96.0 Å². The van der Waals surface area contributed by atoms with Crippen LogP contribution in [0.1, 0.15) is 136 Å². The second kappa shape index (κ2) is 17.7. The minimum atomic E-state index is -0.177. The lowest BCUT2D eigenvalue weighted by atomic mass is 9.94. The van der Waals surface area contributed by atoms with Gasteiger partial charge in [-0.3, -0.25) is 9.59 Å². The third-order valence-electron chi connectivity index (χ3n) is 5.90. The predicted molar refractivity (Wildman–Crippen MR) is 122 cm³/mol. The molecule has 0 fully saturated rings. The molecule has 0 bridgehead atoms. The molecule has 168 valence electrons. The summed E-state index contributed by atoms with van der Waals surface area (Å²) < 4.78 is 5.36. The first-order valence-electron chi connectivity index (χ1n) is 12.6. The monoisotopic (exact) mass is 406 g/mol. The van der Waals surface area contributed by atoms with Gasteiger partial charge in [-0.1, -0.05) is 110 Å². The van der Waals surface area contributed by atoms with Crippen LogP contribution in [-0.2, 0) is 14.3 Å². The number of allylic oxidation sites excluding steroid dienone is 2. The van der Waals surface area contributed by atoms with Gasteiger partial charge in [0.2, 0.25) is 0 Å². The maximum absolute atomic E-state index is 11.9. The summed E-state index contributed by atoms with van der Waals surface area (Å²) in [4.78, 5) is 23.4. The van der Waals surface area contributed by atoms with Crippen LogP contribution in [0, 0.1) is 5.92 Å². The molecule has 0 aromatic carbocycles. The number of ketones is 1. The Hall–Kier alpha value is -1.12. The topological polar surface area (TPSA) is 43.4 Å². The first-order valence-corrected chi connectivity index (χ1v) is 12.6. The minimum absolute atomic E-state index is 0.0777. The van der Waals surface area contributed by atoms with Crippen molar-refractivity contribution in [3.63, 3.8) is 0 Å². The molecule has 1 aliphatic rings. The molecular weight excluding hydrogens is 360 g/mol. The third-order valence-corrected chi connectivity index (χ3v) is 5.90. The van der Waals surface area contributed by atoms with E-state index in [0.29, 0.717) is 25.0 Å². The van der Waals surface area contributed by atoms with Crippen molar-refractivity contribution >= 4 is 11.8 Å². The van der Waals surface area contributed by atoms with Crippen molar-refractivity contribution < 1.29 is 14.3 Å². The number of hydrogen-bond acceptors (Lipinski definition) is 3. The molecule has 1 aliphatic carbocycles. The summed E-state index contributed by atoms with van der Waals surface area (Å²) >= 11 is 0. The Morgan fingerprint density at radius 1 is 0.793 bits per heavy atom. The number of unbranched alkanes of at least 4 members (excludes halogenated alkanes) is 15. The molecule has 0 amide bonds. The fourth-order valence-corrected chi connectivity index (χ4v) is 4.14. The van der Waals surface area contributed by atoms with Gasteiger partial charge in [-0.25, -0.2) is 0 Å². The Morgan fingerprint density at radius 3 is 1.69 bits per heavy atom. The second-order valence-electron chi connectivity index (χ2n) is 9.12. The lowest BCUT2D eigenvalue weighted by Gasteiger charge is -2.17. The summed E-state index contributed by atoms with van der Waals surface area (Å²) in [6.45, 7) is 4.30. The average Bonchev–Trinajstić information content (AvgIpc) is 2.67. The van der Waals surface area contributed by atoms with Crippen LogP contribution in [0.25, 0.3) is 0 Å². The van der Waals surface area contributed by atoms with Crippen molar-refractivity contribution in [3.05, 3.63) is 11.8 Å². The summed E-state index contributed by atoms with van der Waals surface area (Å²) in [6, 6.07) is 0. The van der Waals surface area contributed by atoms with Gasteiger partial charge in [0.25, 0.3) is 0 Å². The Labute approximate surface area is 180 Å². The van der Waals surface area contributed by atoms with Crippen molar-refractivity contribution in [3.8, 4) is 0 Å². The zero-order valence-electron chi connectivity index (χ0n) is 19.3. The van der Waals surface area contributed by atoms with E-state index in [2.05, 4.69) is 6.92 Å². The van der Waals surface area contributed by atoms with Gasteiger partial charge in [-0.2, -0.15) is 0 Å². The molecule has 0 radical (unpaired) electrons. The highest BCUT2D eigenvalue weighted by Crippen LogP contribution is 2.23. The summed E-state index contributed by atoms with van der Waals surface area (Å²) in [6.07, 6.45) is 24.5. The van der Waals surface area contributed by atoms with Crippen LogP contribution in [0.2, 0.25) is 0 Å². The highest BCUT2D eigenvalue weighted by Gasteiger charge is 2.19. The molecular formula is C26H46O3. The molecule has 1 atom stereocenters. The molecule has 29 heavy (non-hydrogen) atoms. The number of rotatable bonds is 18. The maximum atomic E-state index is 11.9. The van der Waals surface area contributed by atoms with Gasteiger partial charge in [0.05, 0.1) is 0 Å². The van der Waals surface area contributed by atoms with Gasteiger partial charge in [0, 0.05) is 25.3 Å². The normalized spacial score (nSPS) is 16.7. The average molecular weight is 407 g/mol. The number of esters is 1. The molecule has 3 heteroatoms. The number of carbonyl (C=O) groups is 2. The first-order chi connectivity index (χ1) is 14.1. The van der Waals surface area contributed by atoms with Crippen molar-refractivity contribution in [2.75, 3.05) is 0 Å². The van der Waals surface area contributed by atoms with E-state index in [0.717, 1.165) is 12.8 Å². The van der Waals surface area contributed by atoms with Crippen LogP contribution in [0.15, 0.2) is 11.8 Å². The van der Waals surface area contributed by atoms with Gasteiger partial charge in [-0.15, -0.1) is 0 Å². The first kappa shape index (κ1) is 25.9. The quantitative estimate of drug-likeness (QED) is 0.171. The Morgan fingerprint density at radius 2 is 1.24 bits per heavy atom. The molecule has 1 unspecified atom stereocenters. The van der Waals surface area contributed by atoms with Gasteiger partial charge < -0.3 is 4.74 Å².